The molecule has 1 heteroatoms. The molecule has 0 N–H and O–H groups in total. The molecule has 0 saturated carbocycles. The summed E-state index contributed by atoms with van der Waals surface area (Å²) in [7, 11) is 0. The third-order valence-electron chi connectivity index (χ3n) is 3.76. The lowest BCUT2D eigenvalue weighted by Gasteiger charge is -2.10. The first-order valence-corrected chi connectivity index (χ1v) is 9.61. The van der Waals surface area contributed by atoms with Crippen molar-refractivity contribution in [2.45, 2.75) is 16.4 Å². The van der Waals surface area contributed by atoms with Crippen molar-refractivity contribution >= 4 is 19.7 Å². The van der Waals surface area contributed by atoms with Crippen LogP contribution in [0.25, 0.3) is 5.57 Å². The summed E-state index contributed by atoms with van der Waals surface area (Å²) >= 11 is -0.698. The minimum atomic E-state index is -0.698. The second-order valence-corrected chi connectivity index (χ2v) is 8.51. The van der Waals surface area contributed by atoms with E-state index in [1.807, 2.05) is 0 Å². The van der Waals surface area contributed by atoms with Crippen LogP contribution in [0.1, 0.15) is 21.5 Å². The van der Waals surface area contributed by atoms with Crippen LogP contribution in [0.15, 0.2) is 60.7 Å². The largest absolute Gasteiger partial charge is 0.270 e. The van der Waals surface area contributed by atoms with Gasteiger partial charge in [-0.15, -0.1) is 11.6 Å². The number of hydrogen-bond acceptors (Lipinski definition) is 0. The Labute approximate surface area is 113 Å². The first kappa shape index (κ1) is 11.8. The minimum Gasteiger partial charge on any atom is -0.105 e. The zero-order chi connectivity index (χ0) is 12.5. The van der Waals surface area contributed by atoms with Crippen LogP contribution in [0.4, 0.5) is 0 Å². The van der Waals surface area contributed by atoms with E-state index in [2.05, 4.69) is 72.2 Å². The second-order valence-electron chi connectivity index (χ2n) is 5.30. The summed E-state index contributed by atoms with van der Waals surface area (Å²) < 4.78 is 0.691. The molecule has 0 nitrogen and oxygen atoms in total. The quantitative estimate of drug-likeness (QED) is 0.686. The Morgan fingerprint density at radius 3 is 2.22 bits per heavy atom. The van der Waals surface area contributed by atoms with Crippen molar-refractivity contribution < 1.29 is 0 Å². The lowest BCUT2D eigenvalue weighted by Crippen LogP contribution is -2.11. The van der Waals surface area contributed by atoms with Crippen molar-refractivity contribution in [1.29, 1.82) is 0 Å². The van der Waals surface area contributed by atoms with E-state index in [9.17, 15) is 0 Å². The Bertz CT molecular complexity index is 582. The van der Waals surface area contributed by atoms with Crippen molar-refractivity contribution in [2.75, 3.05) is 0 Å². The molecular formula is C17H17Al. The molecule has 0 radical (unpaired) electrons. The summed E-state index contributed by atoms with van der Waals surface area (Å²) in [5, 5.41) is 0. The van der Waals surface area contributed by atoms with Crippen molar-refractivity contribution in [3.8, 4) is 0 Å². The minimum absolute atomic E-state index is 0.691. The molecule has 0 aliphatic heterocycles. The maximum Gasteiger partial charge on any atom is 0.270 e. The third-order valence-corrected chi connectivity index (χ3v) is 5.75. The maximum atomic E-state index is 2.50. The van der Waals surface area contributed by atoms with Gasteiger partial charge >= 0.3 is 0 Å². The van der Waals surface area contributed by atoms with Gasteiger partial charge in [0.05, 0.1) is 0 Å². The van der Waals surface area contributed by atoms with Crippen molar-refractivity contribution in [2.24, 2.45) is 0 Å². The first-order valence-electron chi connectivity index (χ1n) is 6.64. The van der Waals surface area contributed by atoms with E-state index >= 15 is 0 Å². The van der Waals surface area contributed by atoms with E-state index in [1.165, 1.54) is 22.3 Å². The number of rotatable bonds is 2. The first-order chi connectivity index (χ1) is 8.77. The fourth-order valence-corrected chi connectivity index (χ4v) is 4.40. The van der Waals surface area contributed by atoms with E-state index in [-0.39, 0.29) is 0 Å². The lowest BCUT2D eigenvalue weighted by atomic mass is 9.99. The summed E-state index contributed by atoms with van der Waals surface area (Å²) in [5.41, 5.74) is 5.76. The zero-order valence-electron chi connectivity index (χ0n) is 10.9. The van der Waals surface area contributed by atoms with E-state index in [0.29, 0.717) is 4.78 Å². The highest BCUT2D eigenvalue weighted by atomic mass is 27.2. The van der Waals surface area contributed by atoms with Crippen LogP contribution < -0.4 is 0 Å². The number of fused-ring (bicyclic) bond motifs is 1. The summed E-state index contributed by atoms with van der Waals surface area (Å²) in [5.74, 6) is 4.87. The van der Waals surface area contributed by atoms with Gasteiger partial charge in [0.15, 0.2) is 0 Å². The molecular weight excluding hydrogens is 231 g/mol. The molecule has 0 fully saturated rings. The van der Waals surface area contributed by atoms with Crippen LogP contribution in [-0.4, -0.2) is 14.1 Å². The molecule has 1 aliphatic rings. The fourth-order valence-electron chi connectivity index (χ4n) is 2.81. The Balaban J connectivity index is 2.14. The molecule has 0 amide bonds. The Morgan fingerprint density at radius 2 is 1.50 bits per heavy atom. The van der Waals surface area contributed by atoms with Gasteiger partial charge in [-0.1, -0.05) is 60.7 Å². The van der Waals surface area contributed by atoms with Gasteiger partial charge < -0.3 is 0 Å². The Hall–Kier alpha value is -1.29. The van der Waals surface area contributed by atoms with Crippen LogP contribution in [0, 0.1) is 0 Å². The van der Waals surface area contributed by atoms with Gasteiger partial charge in [0.2, 0.25) is 0 Å². The average Bonchev–Trinajstić information content (AvgIpc) is 2.79. The van der Waals surface area contributed by atoms with E-state index < -0.39 is 14.1 Å². The van der Waals surface area contributed by atoms with Crippen molar-refractivity contribution in [3.63, 3.8) is 0 Å². The van der Waals surface area contributed by atoms with E-state index in [0.717, 1.165) is 0 Å². The molecule has 0 spiro atoms. The highest BCUT2D eigenvalue weighted by molar-refractivity contribution is 6.58. The maximum absolute atomic E-state index is 2.50. The molecule has 0 aromatic heterocycles. The standard InChI is InChI=1S/C15H11.2CH3.Al/c1-2-6-12(7-3-1)15-11-10-13-8-4-5-9-14(13)15;;;/h1-11H;2*1H3;. The predicted octanol–water partition coefficient (Wildman–Crippen LogP) is 4.51. The monoisotopic (exact) mass is 248 g/mol. The Morgan fingerprint density at radius 1 is 0.833 bits per heavy atom. The highest BCUT2D eigenvalue weighted by Gasteiger charge is 2.27. The highest BCUT2D eigenvalue weighted by Crippen LogP contribution is 2.40. The molecule has 2 aromatic rings. The van der Waals surface area contributed by atoms with Gasteiger partial charge in [0.25, 0.3) is 14.1 Å². The SMILES string of the molecule is [CH3][Al]([CH3])[CH]1C=C(c2ccccc2)c2ccccc21. The van der Waals surface area contributed by atoms with Gasteiger partial charge in [0.1, 0.15) is 0 Å². The van der Waals surface area contributed by atoms with Crippen molar-refractivity contribution in [3.05, 3.63) is 77.4 Å². The summed E-state index contributed by atoms with van der Waals surface area (Å²) in [6.07, 6.45) is 2.50. The second kappa shape index (κ2) is 4.77. The fraction of sp³-hybridized carbons (Fsp3) is 0.176. The molecule has 1 aliphatic carbocycles. The molecule has 0 saturated heterocycles. The van der Waals surface area contributed by atoms with Gasteiger partial charge in [0, 0.05) is 0 Å². The normalized spacial score (nSPS) is 17.2. The molecule has 0 heterocycles. The molecule has 3 rings (SSSR count). The summed E-state index contributed by atoms with van der Waals surface area (Å²) in [6.45, 7) is 0. The number of allylic oxidation sites excluding steroid dienone is 1. The van der Waals surface area contributed by atoms with Crippen LogP contribution in [-0.2, 0) is 0 Å². The van der Waals surface area contributed by atoms with E-state index in [4.69, 9.17) is 0 Å². The molecule has 18 heavy (non-hydrogen) atoms. The van der Waals surface area contributed by atoms with E-state index in [1.54, 1.807) is 0 Å². The summed E-state index contributed by atoms with van der Waals surface area (Å²) in [6, 6.07) is 19.7. The number of benzene rings is 2. The molecule has 2 aromatic carbocycles. The van der Waals surface area contributed by atoms with Crippen LogP contribution in [0.3, 0.4) is 0 Å². The number of hydrogen-bond donors (Lipinski definition) is 0. The smallest absolute Gasteiger partial charge is 0.105 e. The Kier molecular flexibility index (Phi) is 3.12. The predicted molar refractivity (Wildman–Crippen MR) is 80.2 cm³/mol. The lowest BCUT2D eigenvalue weighted by molar-refractivity contribution is 1.20. The topological polar surface area (TPSA) is 0 Å². The van der Waals surface area contributed by atoms with Gasteiger partial charge in [-0.2, -0.15) is 0 Å². The van der Waals surface area contributed by atoms with Crippen LogP contribution >= 0.6 is 0 Å². The molecule has 0 bridgehead atoms. The van der Waals surface area contributed by atoms with Crippen molar-refractivity contribution in [1.82, 2.24) is 0 Å². The van der Waals surface area contributed by atoms with Gasteiger partial charge in [-0.05, 0) is 27.0 Å². The van der Waals surface area contributed by atoms with Crippen LogP contribution in [0.2, 0.25) is 11.6 Å². The molecule has 1 atom stereocenters. The molecule has 88 valence electrons. The zero-order valence-corrected chi connectivity index (χ0v) is 12.1. The average molecular weight is 248 g/mol. The third kappa shape index (κ3) is 1.95. The summed E-state index contributed by atoms with van der Waals surface area (Å²) in [4.78, 5) is 0. The van der Waals surface area contributed by atoms with Gasteiger partial charge in [-0.3, -0.25) is 0 Å². The van der Waals surface area contributed by atoms with Gasteiger partial charge in [-0.25, -0.2) is 0 Å². The van der Waals surface area contributed by atoms with Crippen LogP contribution in [0.5, 0.6) is 0 Å². The molecule has 1 unspecified atom stereocenters.